The summed E-state index contributed by atoms with van der Waals surface area (Å²) in [5.74, 6) is -0.465. The van der Waals surface area contributed by atoms with Crippen molar-refractivity contribution < 1.29 is 12.8 Å². The third-order valence-electron chi connectivity index (χ3n) is 2.75. The molecule has 0 aliphatic carbocycles. The molecule has 0 radical (unpaired) electrons. The maximum atomic E-state index is 13.1. The van der Waals surface area contributed by atoms with Crippen molar-refractivity contribution >= 4 is 10.7 Å². The molecule has 0 N–H and O–H groups in total. The van der Waals surface area contributed by atoms with E-state index in [1.54, 1.807) is 18.3 Å². The van der Waals surface area contributed by atoms with Gasteiger partial charge in [0, 0.05) is 17.8 Å². The van der Waals surface area contributed by atoms with Crippen molar-refractivity contribution in [3.05, 3.63) is 54.9 Å². The Kier molecular flexibility index (Phi) is 3.44. The molecule has 3 aromatic rings. The number of hydrogen-bond acceptors (Lipinski definition) is 5. The van der Waals surface area contributed by atoms with Crippen LogP contribution in [0.3, 0.4) is 0 Å². The summed E-state index contributed by atoms with van der Waals surface area (Å²) < 4.78 is 36.5. The van der Waals surface area contributed by atoms with Crippen LogP contribution in [0.2, 0.25) is 0 Å². The van der Waals surface area contributed by atoms with Crippen LogP contribution in [-0.2, 0) is 10.7 Å². The molecule has 3 aromatic heterocycles. The lowest BCUT2D eigenvalue weighted by molar-refractivity contribution is 0.611. The second kappa shape index (κ2) is 5.41. The van der Waals surface area contributed by atoms with Crippen LogP contribution >= 0.6 is 0 Å². The Morgan fingerprint density at radius 1 is 1.14 bits per heavy atom. The van der Waals surface area contributed by atoms with Crippen LogP contribution in [-0.4, -0.2) is 28.2 Å². The number of hydrogen-bond donors (Lipinski definition) is 1. The lowest BCUT2D eigenvalue weighted by atomic mass is 10.2. The fourth-order valence-electron chi connectivity index (χ4n) is 1.81. The summed E-state index contributed by atoms with van der Waals surface area (Å²) in [5.41, 5.74) is 1.56. The number of nitrogens with zero attached hydrogens (tertiary/aromatic N) is 4. The molecule has 3 heterocycles. The van der Waals surface area contributed by atoms with Gasteiger partial charge < -0.3 is 0 Å². The van der Waals surface area contributed by atoms with Crippen molar-refractivity contribution in [3.8, 4) is 16.9 Å². The monoisotopic (exact) mass is 304 g/mol. The van der Waals surface area contributed by atoms with Crippen molar-refractivity contribution in [2.24, 2.45) is 0 Å². The molecule has 6 nitrogen and oxygen atoms in total. The molecule has 0 aromatic carbocycles. The highest BCUT2D eigenvalue weighted by Gasteiger charge is 2.07. The van der Waals surface area contributed by atoms with E-state index in [4.69, 9.17) is 0 Å². The molecule has 0 aliphatic heterocycles. The highest BCUT2D eigenvalue weighted by molar-refractivity contribution is 7.72. The van der Waals surface area contributed by atoms with E-state index in [2.05, 4.69) is 15.1 Å². The quantitative estimate of drug-likeness (QED) is 0.741. The van der Waals surface area contributed by atoms with E-state index < -0.39 is 16.5 Å². The Labute approximate surface area is 120 Å². The predicted molar refractivity (Wildman–Crippen MR) is 73.1 cm³/mol. The fourth-order valence-corrected chi connectivity index (χ4v) is 2.21. The SMILES string of the molecule is O=[SH](=O)c1cccc(-c2cnn(-c3cncc(F)c3)c2)n1. The summed E-state index contributed by atoms with van der Waals surface area (Å²) in [7, 11) is -2.74. The van der Waals surface area contributed by atoms with Gasteiger partial charge in [-0.15, -0.1) is 0 Å². The zero-order chi connectivity index (χ0) is 14.8. The molecule has 0 aliphatic rings. The third kappa shape index (κ3) is 2.79. The average molecular weight is 304 g/mol. The van der Waals surface area contributed by atoms with Gasteiger partial charge in [-0.2, -0.15) is 5.10 Å². The van der Waals surface area contributed by atoms with Gasteiger partial charge in [-0.1, -0.05) is 6.07 Å². The standard InChI is InChI=1S/C13H9FN4O2S/c14-10-4-11(7-15-6-10)18-8-9(5-16-18)12-2-1-3-13(17-12)21(19)20/h1-8,21H. The van der Waals surface area contributed by atoms with Crippen LogP contribution in [0.4, 0.5) is 4.39 Å². The zero-order valence-corrected chi connectivity index (χ0v) is 11.4. The molecular formula is C13H9FN4O2S. The third-order valence-corrected chi connectivity index (χ3v) is 3.38. The van der Waals surface area contributed by atoms with E-state index in [-0.39, 0.29) is 5.03 Å². The van der Waals surface area contributed by atoms with Gasteiger partial charge in [-0.25, -0.2) is 22.5 Å². The van der Waals surface area contributed by atoms with E-state index in [1.807, 2.05) is 0 Å². The molecule has 0 spiro atoms. The largest absolute Gasteiger partial charge is 0.259 e. The lowest BCUT2D eigenvalue weighted by Gasteiger charge is -2.00. The van der Waals surface area contributed by atoms with Gasteiger partial charge in [0.2, 0.25) is 0 Å². The molecule has 0 atom stereocenters. The second-order valence-electron chi connectivity index (χ2n) is 4.17. The molecule has 21 heavy (non-hydrogen) atoms. The number of thiol groups is 1. The molecule has 106 valence electrons. The average Bonchev–Trinajstić information content (AvgIpc) is 2.97. The lowest BCUT2D eigenvalue weighted by Crippen LogP contribution is -1.95. The molecule has 0 bridgehead atoms. The minimum atomic E-state index is -2.74. The Bertz CT molecular complexity index is 868. The van der Waals surface area contributed by atoms with Crippen LogP contribution in [0, 0.1) is 5.82 Å². The van der Waals surface area contributed by atoms with E-state index in [9.17, 15) is 12.8 Å². The number of aromatic nitrogens is 4. The molecule has 8 heteroatoms. The zero-order valence-electron chi connectivity index (χ0n) is 10.5. The molecule has 0 fully saturated rings. The minimum Gasteiger partial charge on any atom is -0.259 e. The summed E-state index contributed by atoms with van der Waals surface area (Å²) in [6.45, 7) is 0. The van der Waals surface area contributed by atoms with E-state index in [0.717, 1.165) is 6.20 Å². The van der Waals surface area contributed by atoms with Crippen LogP contribution in [0.25, 0.3) is 16.9 Å². The number of rotatable bonds is 3. The predicted octanol–water partition coefficient (Wildman–Crippen LogP) is 1.44. The van der Waals surface area contributed by atoms with Crippen LogP contribution in [0.15, 0.2) is 54.1 Å². The van der Waals surface area contributed by atoms with Crippen molar-refractivity contribution in [1.29, 1.82) is 0 Å². The van der Waals surface area contributed by atoms with Gasteiger partial charge in [0.25, 0.3) is 0 Å². The summed E-state index contributed by atoms with van der Waals surface area (Å²) in [5, 5.41) is 4.09. The summed E-state index contributed by atoms with van der Waals surface area (Å²) in [6, 6.07) is 5.98. The molecule has 3 rings (SSSR count). The molecule has 0 amide bonds. The smallest absolute Gasteiger partial charge is 0.185 e. The summed E-state index contributed by atoms with van der Waals surface area (Å²) >= 11 is 0. The maximum absolute atomic E-state index is 13.1. The van der Waals surface area contributed by atoms with E-state index in [1.165, 1.54) is 29.2 Å². The van der Waals surface area contributed by atoms with Crippen molar-refractivity contribution in [2.45, 2.75) is 5.03 Å². The Balaban J connectivity index is 2.00. The van der Waals surface area contributed by atoms with Gasteiger partial charge in [0.15, 0.2) is 15.7 Å². The van der Waals surface area contributed by atoms with E-state index >= 15 is 0 Å². The van der Waals surface area contributed by atoms with Gasteiger partial charge in [0.05, 0.1) is 30.0 Å². The van der Waals surface area contributed by atoms with Gasteiger partial charge in [-0.05, 0) is 12.1 Å². The first-order valence-electron chi connectivity index (χ1n) is 5.91. The number of halogens is 1. The molecule has 0 saturated heterocycles. The topological polar surface area (TPSA) is 77.7 Å². The van der Waals surface area contributed by atoms with Crippen molar-refractivity contribution in [1.82, 2.24) is 19.7 Å². The summed E-state index contributed by atoms with van der Waals surface area (Å²) in [4.78, 5) is 7.78. The second-order valence-corrected chi connectivity index (χ2v) is 5.15. The van der Waals surface area contributed by atoms with Crippen LogP contribution in [0.1, 0.15) is 0 Å². The fraction of sp³-hybridized carbons (Fsp3) is 0. The highest BCUT2D eigenvalue weighted by atomic mass is 32.2. The Morgan fingerprint density at radius 3 is 2.76 bits per heavy atom. The first-order valence-corrected chi connectivity index (χ1v) is 7.08. The summed E-state index contributed by atoms with van der Waals surface area (Å²) in [6.07, 6.45) is 5.72. The van der Waals surface area contributed by atoms with Gasteiger partial charge in [-0.3, -0.25) is 4.98 Å². The maximum Gasteiger partial charge on any atom is 0.185 e. The highest BCUT2D eigenvalue weighted by Crippen LogP contribution is 2.18. The van der Waals surface area contributed by atoms with Crippen LogP contribution in [0.5, 0.6) is 0 Å². The molecule has 0 unspecified atom stereocenters. The van der Waals surface area contributed by atoms with E-state index in [0.29, 0.717) is 16.9 Å². The van der Waals surface area contributed by atoms with Crippen LogP contribution < -0.4 is 0 Å². The minimum absolute atomic E-state index is 0.0114. The Hall–Kier alpha value is -2.61. The first-order chi connectivity index (χ1) is 10.1. The first kappa shape index (κ1) is 13.4. The Morgan fingerprint density at radius 2 is 2.00 bits per heavy atom. The number of pyridine rings is 2. The molecule has 0 saturated carbocycles. The normalized spacial score (nSPS) is 11.0. The molecular weight excluding hydrogens is 295 g/mol. The van der Waals surface area contributed by atoms with Crippen molar-refractivity contribution in [3.63, 3.8) is 0 Å². The van der Waals surface area contributed by atoms with Crippen molar-refractivity contribution in [2.75, 3.05) is 0 Å². The van der Waals surface area contributed by atoms with Gasteiger partial charge in [0.1, 0.15) is 5.82 Å². The van der Waals surface area contributed by atoms with Gasteiger partial charge >= 0.3 is 0 Å².